The number of carbonyl (C=O) groups is 1. The first-order valence-corrected chi connectivity index (χ1v) is 6.46. The van der Waals surface area contributed by atoms with Crippen molar-refractivity contribution >= 4 is 27.5 Å². The molecule has 0 saturated carbocycles. The average Bonchev–Trinajstić information content (AvgIpc) is 2.36. The van der Waals surface area contributed by atoms with Gasteiger partial charge in [-0.3, -0.25) is 9.78 Å². The fourth-order valence-corrected chi connectivity index (χ4v) is 2.14. The van der Waals surface area contributed by atoms with E-state index in [1.165, 1.54) is 0 Å². The van der Waals surface area contributed by atoms with Crippen LogP contribution in [0.3, 0.4) is 0 Å². The van der Waals surface area contributed by atoms with Crippen molar-refractivity contribution in [1.29, 1.82) is 0 Å². The molecule has 2 rings (SSSR count). The molecule has 0 bridgehead atoms. The second-order valence-electron chi connectivity index (χ2n) is 4.20. The molecule has 17 heavy (non-hydrogen) atoms. The molecule has 0 radical (unpaired) electrons. The largest absolute Gasteiger partial charge is 0.381 e. The van der Waals surface area contributed by atoms with Gasteiger partial charge in [0, 0.05) is 17.3 Å². The molecule has 1 amide bonds. The van der Waals surface area contributed by atoms with Gasteiger partial charge in [-0.15, -0.1) is 0 Å². The van der Waals surface area contributed by atoms with Gasteiger partial charge in [-0.05, 0) is 41.3 Å². The molecule has 4 nitrogen and oxygen atoms in total. The molecule has 1 saturated heterocycles. The maximum absolute atomic E-state index is 12.0. The van der Waals surface area contributed by atoms with E-state index < -0.39 is 0 Å². The Balaban J connectivity index is 2.04. The van der Waals surface area contributed by atoms with Crippen LogP contribution in [0.25, 0.3) is 0 Å². The van der Waals surface area contributed by atoms with E-state index in [-0.39, 0.29) is 11.8 Å². The zero-order valence-corrected chi connectivity index (χ0v) is 11.3. The molecule has 1 N–H and O–H groups in total. The van der Waals surface area contributed by atoms with Gasteiger partial charge in [-0.1, -0.05) is 0 Å². The summed E-state index contributed by atoms with van der Waals surface area (Å²) >= 11 is 3.39. The molecule has 1 aromatic heterocycles. The van der Waals surface area contributed by atoms with Crippen LogP contribution in [-0.2, 0) is 9.53 Å². The zero-order chi connectivity index (χ0) is 12.3. The lowest BCUT2D eigenvalue weighted by molar-refractivity contribution is -0.123. The van der Waals surface area contributed by atoms with E-state index >= 15 is 0 Å². The molecule has 1 fully saturated rings. The van der Waals surface area contributed by atoms with Gasteiger partial charge >= 0.3 is 0 Å². The molecular formula is C12H15BrN2O2. The second kappa shape index (κ2) is 5.60. The maximum atomic E-state index is 12.0. The SMILES string of the molecule is Cc1c(Br)cncc1NC(=O)C1CCCOC1. The lowest BCUT2D eigenvalue weighted by atomic mass is 10.0. The minimum Gasteiger partial charge on any atom is -0.381 e. The van der Waals surface area contributed by atoms with Crippen molar-refractivity contribution in [3.8, 4) is 0 Å². The summed E-state index contributed by atoms with van der Waals surface area (Å²) in [7, 11) is 0. The predicted molar refractivity (Wildman–Crippen MR) is 68.8 cm³/mol. The van der Waals surface area contributed by atoms with E-state index in [4.69, 9.17) is 4.74 Å². The van der Waals surface area contributed by atoms with Crippen molar-refractivity contribution in [1.82, 2.24) is 4.98 Å². The Morgan fingerprint density at radius 2 is 2.41 bits per heavy atom. The highest BCUT2D eigenvalue weighted by molar-refractivity contribution is 9.10. The topological polar surface area (TPSA) is 51.2 Å². The van der Waals surface area contributed by atoms with Crippen molar-refractivity contribution in [3.05, 3.63) is 22.4 Å². The number of amides is 1. The van der Waals surface area contributed by atoms with Gasteiger partial charge in [0.2, 0.25) is 5.91 Å². The Bertz CT molecular complexity index is 417. The van der Waals surface area contributed by atoms with Gasteiger partial charge in [0.05, 0.1) is 24.4 Å². The molecule has 2 heterocycles. The highest BCUT2D eigenvalue weighted by atomic mass is 79.9. The summed E-state index contributed by atoms with van der Waals surface area (Å²) in [5.41, 5.74) is 1.75. The summed E-state index contributed by atoms with van der Waals surface area (Å²) < 4.78 is 6.21. The molecule has 1 atom stereocenters. The van der Waals surface area contributed by atoms with Gasteiger partial charge in [0.15, 0.2) is 0 Å². The van der Waals surface area contributed by atoms with Crippen molar-refractivity contribution < 1.29 is 9.53 Å². The van der Waals surface area contributed by atoms with E-state index in [1.807, 2.05) is 6.92 Å². The van der Waals surface area contributed by atoms with Crippen LogP contribution in [-0.4, -0.2) is 24.1 Å². The van der Waals surface area contributed by atoms with Gasteiger partial charge in [-0.25, -0.2) is 0 Å². The maximum Gasteiger partial charge on any atom is 0.229 e. The first-order chi connectivity index (χ1) is 8.18. The fourth-order valence-electron chi connectivity index (χ4n) is 1.81. The van der Waals surface area contributed by atoms with Crippen molar-refractivity contribution in [2.24, 2.45) is 5.92 Å². The number of carbonyl (C=O) groups excluding carboxylic acids is 1. The smallest absolute Gasteiger partial charge is 0.229 e. The lowest BCUT2D eigenvalue weighted by Crippen LogP contribution is -2.30. The molecule has 92 valence electrons. The third-order valence-corrected chi connectivity index (χ3v) is 3.74. The minimum atomic E-state index is -0.0397. The van der Waals surface area contributed by atoms with Crippen LogP contribution in [0, 0.1) is 12.8 Å². The van der Waals surface area contributed by atoms with Crippen LogP contribution in [0.4, 0.5) is 5.69 Å². The third kappa shape index (κ3) is 3.04. The van der Waals surface area contributed by atoms with E-state index in [0.29, 0.717) is 6.61 Å². The van der Waals surface area contributed by atoms with Crippen LogP contribution < -0.4 is 5.32 Å². The Kier molecular flexibility index (Phi) is 4.12. The summed E-state index contributed by atoms with van der Waals surface area (Å²) in [6, 6.07) is 0. The van der Waals surface area contributed by atoms with Crippen LogP contribution >= 0.6 is 15.9 Å². The number of nitrogens with zero attached hydrogens (tertiary/aromatic N) is 1. The highest BCUT2D eigenvalue weighted by Gasteiger charge is 2.22. The van der Waals surface area contributed by atoms with E-state index in [9.17, 15) is 4.79 Å². The number of anilines is 1. The molecule has 0 spiro atoms. The van der Waals surface area contributed by atoms with Crippen LogP contribution in [0.2, 0.25) is 0 Å². The van der Waals surface area contributed by atoms with Crippen LogP contribution in [0.15, 0.2) is 16.9 Å². The monoisotopic (exact) mass is 298 g/mol. The number of hydrogen-bond acceptors (Lipinski definition) is 3. The summed E-state index contributed by atoms with van der Waals surface area (Å²) in [6.07, 6.45) is 5.23. The molecule has 0 aliphatic carbocycles. The number of halogens is 1. The van der Waals surface area contributed by atoms with Crippen molar-refractivity contribution in [2.75, 3.05) is 18.5 Å². The Morgan fingerprint density at radius 1 is 1.59 bits per heavy atom. The molecule has 1 aliphatic rings. The van der Waals surface area contributed by atoms with Gasteiger partial charge in [0.25, 0.3) is 0 Å². The Morgan fingerprint density at radius 3 is 3.12 bits per heavy atom. The standard InChI is InChI=1S/C12H15BrN2O2/c1-8-10(13)5-14-6-11(8)15-12(16)9-3-2-4-17-7-9/h5-6,9H,2-4,7H2,1H3,(H,15,16). The van der Waals surface area contributed by atoms with Gasteiger partial charge < -0.3 is 10.1 Å². The number of nitrogens with one attached hydrogen (secondary N) is 1. The zero-order valence-electron chi connectivity index (χ0n) is 9.70. The quantitative estimate of drug-likeness (QED) is 0.913. The summed E-state index contributed by atoms with van der Waals surface area (Å²) in [4.78, 5) is 16.0. The number of ether oxygens (including phenoxy) is 1. The molecule has 1 aliphatic heterocycles. The molecule has 5 heteroatoms. The predicted octanol–water partition coefficient (Wildman–Crippen LogP) is 2.52. The van der Waals surface area contributed by atoms with Crippen molar-refractivity contribution in [3.63, 3.8) is 0 Å². The normalized spacial score (nSPS) is 20.0. The fraction of sp³-hybridized carbons (Fsp3) is 0.500. The van der Waals surface area contributed by atoms with E-state index in [1.54, 1.807) is 12.4 Å². The molecule has 1 aromatic rings. The van der Waals surface area contributed by atoms with E-state index in [2.05, 4.69) is 26.2 Å². The second-order valence-corrected chi connectivity index (χ2v) is 5.05. The Hall–Kier alpha value is -0.940. The van der Waals surface area contributed by atoms with E-state index in [0.717, 1.165) is 35.2 Å². The van der Waals surface area contributed by atoms with Crippen LogP contribution in [0.5, 0.6) is 0 Å². The highest BCUT2D eigenvalue weighted by Crippen LogP contribution is 2.23. The summed E-state index contributed by atoms with van der Waals surface area (Å²) in [5.74, 6) is -0.0187. The molecule has 1 unspecified atom stereocenters. The number of rotatable bonds is 2. The number of hydrogen-bond donors (Lipinski definition) is 1. The molecule has 0 aromatic carbocycles. The summed E-state index contributed by atoms with van der Waals surface area (Å²) in [6.45, 7) is 3.23. The van der Waals surface area contributed by atoms with Gasteiger partial charge in [-0.2, -0.15) is 0 Å². The number of pyridine rings is 1. The number of aromatic nitrogens is 1. The molecular weight excluding hydrogens is 284 g/mol. The van der Waals surface area contributed by atoms with Gasteiger partial charge in [0.1, 0.15) is 0 Å². The summed E-state index contributed by atoms with van der Waals surface area (Å²) in [5, 5.41) is 2.91. The lowest BCUT2D eigenvalue weighted by Gasteiger charge is -2.21. The minimum absolute atomic E-state index is 0.0210. The first-order valence-electron chi connectivity index (χ1n) is 5.67. The van der Waals surface area contributed by atoms with Crippen molar-refractivity contribution in [2.45, 2.75) is 19.8 Å². The third-order valence-electron chi connectivity index (χ3n) is 2.94. The Labute approximate surface area is 109 Å². The average molecular weight is 299 g/mol. The first kappa shape index (κ1) is 12.5. The van der Waals surface area contributed by atoms with Crippen LogP contribution in [0.1, 0.15) is 18.4 Å².